The number of carbonyl (C=O) groups excluding carboxylic acids is 1. The van der Waals surface area contributed by atoms with Crippen LogP contribution >= 0.6 is 11.3 Å². The molecule has 10 heteroatoms. The summed E-state index contributed by atoms with van der Waals surface area (Å²) < 4.78 is 12.2. The number of benzene rings is 1. The third-order valence-electron chi connectivity index (χ3n) is 5.49. The number of nitrogens with one attached hydrogen (secondary N) is 2. The third kappa shape index (κ3) is 3.16. The lowest BCUT2D eigenvalue weighted by atomic mass is 10.2. The summed E-state index contributed by atoms with van der Waals surface area (Å²) in [6, 6.07) is 10.6. The molecule has 1 amide bonds. The van der Waals surface area contributed by atoms with Crippen molar-refractivity contribution in [2.45, 2.75) is 19.3 Å². The maximum atomic E-state index is 13.0. The van der Waals surface area contributed by atoms with Crippen LogP contribution in [0.4, 0.5) is 5.82 Å². The van der Waals surface area contributed by atoms with Gasteiger partial charge in [-0.05, 0) is 48.9 Å². The highest BCUT2D eigenvalue weighted by molar-refractivity contribution is 7.13. The van der Waals surface area contributed by atoms with E-state index in [1.54, 1.807) is 24.3 Å². The van der Waals surface area contributed by atoms with E-state index in [1.807, 2.05) is 17.5 Å². The van der Waals surface area contributed by atoms with Crippen molar-refractivity contribution >= 4 is 23.1 Å². The Labute approximate surface area is 185 Å². The molecule has 4 heterocycles. The van der Waals surface area contributed by atoms with Gasteiger partial charge in [0.05, 0.1) is 10.6 Å². The molecule has 4 aromatic rings. The molecule has 1 aliphatic heterocycles. The molecule has 0 saturated heterocycles. The van der Waals surface area contributed by atoms with Gasteiger partial charge in [-0.1, -0.05) is 6.07 Å². The van der Waals surface area contributed by atoms with Crippen molar-refractivity contribution in [3.63, 3.8) is 0 Å². The summed E-state index contributed by atoms with van der Waals surface area (Å²) in [6.07, 6.45) is 2.39. The summed E-state index contributed by atoms with van der Waals surface area (Å²) in [4.78, 5) is 33.9. The van der Waals surface area contributed by atoms with Gasteiger partial charge in [0.2, 0.25) is 12.7 Å². The fraction of sp³-hybridized carbons (Fsp3) is 0.182. The first-order chi connectivity index (χ1) is 15.7. The van der Waals surface area contributed by atoms with Crippen LogP contribution in [-0.4, -0.2) is 32.4 Å². The Morgan fingerprint density at radius 1 is 1.16 bits per heavy atom. The maximum Gasteiger partial charge on any atom is 0.256 e. The third-order valence-corrected chi connectivity index (χ3v) is 6.38. The summed E-state index contributed by atoms with van der Waals surface area (Å²) in [5, 5.41) is 9.48. The van der Waals surface area contributed by atoms with Gasteiger partial charge < -0.3 is 14.8 Å². The number of hydrogen-bond acceptors (Lipinski definition) is 7. The molecule has 0 unspecified atom stereocenters. The first-order valence-electron chi connectivity index (χ1n) is 10.1. The fourth-order valence-corrected chi connectivity index (χ4v) is 4.61. The number of rotatable bonds is 4. The molecule has 2 N–H and O–H groups in total. The van der Waals surface area contributed by atoms with Crippen LogP contribution in [0.1, 0.15) is 28.0 Å². The first kappa shape index (κ1) is 18.8. The minimum atomic E-state index is -0.342. The van der Waals surface area contributed by atoms with Crippen LogP contribution in [0, 0.1) is 0 Å². The molecule has 1 aliphatic carbocycles. The summed E-state index contributed by atoms with van der Waals surface area (Å²) in [5.41, 5.74) is 2.43. The van der Waals surface area contributed by atoms with Crippen LogP contribution in [0.25, 0.3) is 16.5 Å². The van der Waals surface area contributed by atoms with Crippen molar-refractivity contribution in [3.8, 4) is 28.0 Å². The Hall–Kier alpha value is -3.92. The number of nitrogens with zero attached hydrogens (tertiary/aromatic N) is 3. The molecule has 0 atom stereocenters. The fourth-order valence-electron chi connectivity index (χ4n) is 3.93. The number of ether oxygens (including phenoxy) is 2. The standard InChI is InChI=1S/C22H17N5O4S/c28-20(12-6-7-16-17(9-12)31-11-30-16)24-19-10-15(18-5-2-8-32-18)26-27(19)22-23-14-4-1-3-13(14)21(29)25-22/h2,5-10H,1,3-4,11H2,(H,24,28)(H,23,25,29). The zero-order valence-electron chi connectivity index (χ0n) is 16.8. The van der Waals surface area contributed by atoms with E-state index >= 15 is 0 Å². The Morgan fingerprint density at radius 3 is 2.94 bits per heavy atom. The average molecular weight is 447 g/mol. The number of aryl methyl sites for hydroxylation is 1. The van der Waals surface area contributed by atoms with Gasteiger partial charge in [-0.2, -0.15) is 9.78 Å². The Bertz CT molecular complexity index is 1410. The molecular formula is C22H17N5O4S. The number of fused-ring (bicyclic) bond motifs is 2. The van der Waals surface area contributed by atoms with E-state index in [4.69, 9.17) is 9.47 Å². The van der Waals surface area contributed by atoms with Gasteiger partial charge in [0.15, 0.2) is 11.5 Å². The minimum Gasteiger partial charge on any atom is -0.454 e. The first-order valence-corrected chi connectivity index (χ1v) is 11.0. The van der Waals surface area contributed by atoms with Crippen molar-refractivity contribution in [1.29, 1.82) is 0 Å². The molecule has 2 aliphatic rings. The lowest BCUT2D eigenvalue weighted by molar-refractivity contribution is 0.102. The number of aromatic amines is 1. The highest BCUT2D eigenvalue weighted by atomic mass is 32.1. The van der Waals surface area contributed by atoms with Crippen LogP contribution in [0.2, 0.25) is 0 Å². The summed E-state index contributed by atoms with van der Waals surface area (Å²) >= 11 is 1.53. The molecule has 9 nitrogen and oxygen atoms in total. The normalized spacial score (nSPS) is 13.9. The number of carbonyl (C=O) groups is 1. The van der Waals surface area contributed by atoms with Gasteiger partial charge in [-0.15, -0.1) is 11.3 Å². The van der Waals surface area contributed by atoms with Crippen LogP contribution in [-0.2, 0) is 12.8 Å². The second kappa shape index (κ2) is 7.34. The molecule has 0 radical (unpaired) electrons. The van der Waals surface area contributed by atoms with Gasteiger partial charge in [0.1, 0.15) is 11.5 Å². The van der Waals surface area contributed by atoms with E-state index in [0.717, 1.165) is 35.4 Å². The lowest BCUT2D eigenvalue weighted by Gasteiger charge is -2.09. The molecule has 0 fully saturated rings. The molecule has 0 spiro atoms. The lowest BCUT2D eigenvalue weighted by Crippen LogP contribution is -2.21. The second-order valence-corrected chi connectivity index (χ2v) is 8.44. The van der Waals surface area contributed by atoms with E-state index in [-0.39, 0.29) is 24.2 Å². The maximum absolute atomic E-state index is 13.0. The highest BCUT2D eigenvalue weighted by Crippen LogP contribution is 2.33. The van der Waals surface area contributed by atoms with Crippen molar-refractivity contribution in [1.82, 2.24) is 19.7 Å². The molecule has 6 rings (SSSR count). The Balaban J connectivity index is 1.41. The minimum absolute atomic E-state index is 0.134. The van der Waals surface area contributed by atoms with Crippen LogP contribution in [0.15, 0.2) is 46.6 Å². The van der Waals surface area contributed by atoms with Crippen molar-refractivity contribution in [2.75, 3.05) is 12.1 Å². The molecular weight excluding hydrogens is 430 g/mol. The van der Waals surface area contributed by atoms with Crippen molar-refractivity contribution in [2.24, 2.45) is 0 Å². The summed E-state index contributed by atoms with van der Waals surface area (Å²) in [5.74, 6) is 1.46. The van der Waals surface area contributed by atoms with Gasteiger partial charge >= 0.3 is 0 Å². The Kier molecular flexibility index (Phi) is 4.32. The SMILES string of the molecule is O=C(Nc1cc(-c2cccs2)nn1-c1nc2c(c(=O)[nH]1)CCC2)c1ccc2c(c1)OCO2. The summed E-state index contributed by atoms with van der Waals surface area (Å²) in [6.45, 7) is 0.134. The molecule has 1 aromatic carbocycles. The molecule has 32 heavy (non-hydrogen) atoms. The Morgan fingerprint density at radius 2 is 2.06 bits per heavy atom. The van der Waals surface area contributed by atoms with Gasteiger partial charge in [0, 0.05) is 17.2 Å². The number of H-pyrrole nitrogens is 1. The molecule has 3 aromatic heterocycles. The van der Waals surface area contributed by atoms with E-state index in [9.17, 15) is 9.59 Å². The van der Waals surface area contributed by atoms with Crippen LogP contribution in [0.3, 0.4) is 0 Å². The van der Waals surface area contributed by atoms with E-state index in [1.165, 1.54) is 16.0 Å². The molecule has 160 valence electrons. The van der Waals surface area contributed by atoms with Crippen molar-refractivity contribution in [3.05, 3.63) is 69.0 Å². The zero-order valence-corrected chi connectivity index (χ0v) is 17.6. The average Bonchev–Trinajstić information content (AvgIpc) is 3.59. The number of anilines is 1. The predicted molar refractivity (Wildman–Crippen MR) is 118 cm³/mol. The smallest absolute Gasteiger partial charge is 0.256 e. The van der Waals surface area contributed by atoms with E-state index in [0.29, 0.717) is 28.6 Å². The second-order valence-electron chi connectivity index (χ2n) is 7.49. The number of thiophene rings is 1. The van der Waals surface area contributed by atoms with Gasteiger partial charge in [-0.25, -0.2) is 4.98 Å². The number of hydrogen-bond donors (Lipinski definition) is 2. The van der Waals surface area contributed by atoms with Crippen LogP contribution in [0.5, 0.6) is 11.5 Å². The number of aromatic nitrogens is 4. The van der Waals surface area contributed by atoms with E-state index < -0.39 is 0 Å². The topological polar surface area (TPSA) is 111 Å². The van der Waals surface area contributed by atoms with Gasteiger partial charge in [0.25, 0.3) is 11.5 Å². The summed E-state index contributed by atoms with van der Waals surface area (Å²) in [7, 11) is 0. The van der Waals surface area contributed by atoms with Gasteiger partial charge in [-0.3, -0.25) is 14.6 Å². The van der Waals surface area contributed by atoms with E-state index in [2.05, 4.69) is 20.4 Å². The zero-order chi connectivity index (χ0) is 21.7. The predicted octanol–water partition coefficient (Wildman–Crippen LogP) is 3.15. The largest absolute Gasteiger partial charge is 0.454 e. The quantitative estimate of drug-likeness (QED) is 0.497. The molecule has 0 bridgehead atoms. The van der Waals surface area contributed by atoms with Crippen molar-refractivity contribution < 1.29 is 14.3 Å². The molecule has 0 saturated carbocycles. The highest BCUT2D eigenvalue weighted by Gasteiger charge is 2.22. The monoisotopic (exact) mass is 447 g/mol. The van der Waals surface area contributed by atoms with Crippen LogP contribution < -0.4 is 20.3 Å². The number of amides is 1.